The summed E-state index contributed by atoms with van der Waals surface area (Å²) in [5, 5.41) is 0.119. The van der Waals surface area contributed by atoms with Crippen molar-refractivity contribution in [2.24, 2.45) is 0 Å². The zero-order valence-electron chi connectivity index (χ0n) is 8.79. The summed E-state index contributed by atoms with van der Waals surface area (Å²) in [4.78, 5) is 0. The SMILES string of the molecule is Fc1ccc(COc2ccccc2I)cc1Cl. The first kappa shape index (κ1) is 12.6. The van der Waals surface area contributed by atoms with E-state index < -0.39 is 5.82 Å². The summed E-state index contributed by atoms with van der Waals surface area (Å²) in [6, 6.07) is 12.3. The van der Waals surface area contributed by atoms with Crippen molar-refractivity contribution >= 4 is 34.2 Å². The van der Waals surface area contributed by atoms with Crippen molar-refractivity contribution in [1.29, 1.82) is 0 Å². The molecule has 0 spiro atoms. The van der Waals surface area contributed by atoms with Gasteiger partial charge in [-0.25, -0.2) is 4.39 Å². The highest BCUT2D eigenvalue weighted by molar-refractivity contribution is 14.1. The number of ether oxygens (including phenoxy) is 1. The summed E-state index contributed by atoms with van der Waals surface area (Å²) in [6.07, 6.45) is 0. The molecule has 2 rings (SSSR count). The maximum Gasteiger partial charge on any atom is 0.141 e. The van der Waals surface area contributed by atoms with Gasteiger partial charge >= 0.3 is 0 Å². The van der Waals surface area contributed by atoms with E-state index in [0.717, 1.165) is 14.9 Å². The minimum atomic E-state index is -0.412. The normalized spacial score (nSPS) is 10.3. The average molecular weight is 363 g/mol. The Morgan fingerprint density at radius 3 is 2.65 bits per heavy atom. The fourth-order valence-corrected chi connectivity index (χ4v) is 2.10. The van der Waals surface area contributed by atoms with Gasteiger partial charge in [0.1, 0.15) is 18.2 Å². The average Bonchev–Trinajstić information content (AvgIpc) is 2.32. The standard InChI is InChI=1S/C13H9ClFIO/c14-10-7-9(5-6-11(10)15)8-17-13-4-2-1-3-12(13)16/h1-7H,8H2. The predicted molar refractivity (Wildman–Crippen MR) is 74.9 cm³/mol. The Bertz CT molecular complexity index is 531. The quantitative estimate of drug-likeness (QED) is 0.722. The van der Waals surface area contributed by atoms with Crippen molar-refractivity contribution in [2.75, 3.05) is 0 Å². The van der Waals surface area contributed by atoms with E-state index in [1.807, 2.05) is 24.3 Å². The second-order valence-corrected chi connectivity index (χ2v) is 5.04. The maximum absolute atomic E-state index is 13.0. The lowest BCUT2D eigenvalue weighted by Crippen LogP contribution is -1.97. The maximum atomic E-state index is 13.0. The molecule has 1 nitrogen and oxygen atoms in total. The summed E-state index contributed by atoms with van der Waals surface area (Å²) < 4.78 is 19.6. The molecule has 0 atom stereocenters. The molecular weight excluding hydrogens is 353 g/mol. The molecule has 4 heteroatoms. The van der Waals surface area contributed by atoms with Gasteiger partial charge in [-0.15, -0.1) is 0 Å². The topological polar surface area (TPSA) is 9.23 Å². The third kappa shape index (κ3) is 3.33. The fraction of sp³-hybridized carbons (Fsp3) is 0.0769. The van der Waals surface area contributed by atoms with Crippen molar-refractivity contribution in [3.63, 3.8) is 0 Å². The van der Waals surface area contributed by atoms with Crippen LogP contribution in [0.4, 0.5) is 4.39 Å². The van der Waals surface area contributed by atoms with Crippen molar-refractivity contribution in [1.82, 2.24) is 0 Å². The lowest BCUT2D eigenvalue weighted by molar-refractivity contribution is 0.304. The molecule has 0 aliphatic rings. The largest absolute Gasteiger partial charge is 0.488 e. The van der Waals surface area contributed by atoms with E-state index in [2.05, 4.69) is 22.6 Å². The Balaban J connectivity index is 2.08. The highest BCUT2D eigenvalue weighted by atomic mass is 127. The third-order valence-electron chi connectivity index (χ3n) is 2.22. The highest BCUT2D eigenvalue weighted by Gasteiger charge is 2.03. The Labute approximate surface area is 118 Å². The van der Waals surface area contributed by atoms with Crippen molar-refractivity contribution in [3.8, 4) is 5.75 Å². The first-order valence-corrected chi connectivity index (χ1v) is 6.44. The van der Waals surface area contributed by atoms with E-state index in [1.165, 1.54) is 6.07 Å². The molecule has 0 unspecified atom stereocenters. The van der Waals surface area contributed by atoms with E-state index in [0.29, 0.717) is 6.61 Å². The summed E-state index contributed by atoms with van der Waals surface area (Å²) in [5.41, 5.74) is 0.844. The molecular formula is C13H9ClFIO. The van der Waals surface area contributed by atoms with E-state index in [1.54, 1.807) is 12.1 Å². The van der Waals surface area contributed by atoms with Crippen LogP contribution in [0.15, 0.2) is 42.5 Å². The smallest absolute Gasteiger partial charge is 0.141 e. The van der Waals surface area contributed by atoms with Gasteiger partial charge in [-0.2, -0.15) is 0 Å². The molecule has 0 saturated heterocycles. The summed E-state index contributed by atoms with van der Waals surface area (Å²) in [7, 11) is 0. The molecule has 0 amide bonds. The number of hydrogen-bond acceptors (Lipinski definition) is 1. The Morgan fingerprint density at radius 2 is 1.94 bits per heavy atom. The van der Waals surface area contributed by atoms with Crippen LogP contribution in [-0.2, 0) is 6.61 Å². The van der Waals surface area contributed by atoms with Gasteiger partial charge in [-0.05, 0) is 52.4 Å². The molecule has 0 N–H and O–H groups in total. The Kier molecular flexibility index (Phi) is 4.23. The first-order valence-electron chi connectivity index (χ1n) is 4.98. The monoisotopic (exact) mass is 362 g/mol. The lowest BCUT2D eigenvalue weighted by atomic mass is 10.2. The molecule has 0 saturated carbocycles. The molecule has 2 aromatic rings. The van der Waals surface area contributed by atoms with Crippen molar-refractivity contribution in [2.45, 2.75) is 6.61 Å². The Morgan fingerprint density at radius 1 is 1.18 bits per heavy atom. The van der Waals surface area contributed by atoms with Gasteiger partial charge in [0.15, 0.2) is 0 Å². The van der Waals surface area contributed by atoms with E-state index >= 15 is 0 Å². The number of benzene rings is 2. The van der Waals surface area contributed by atoms with Gasteiger partial charge in [0, 0.05) is 0 Å². The van der Waals surface area contributed by atoms with Gasteiger partial charge in [0.25, 0.3) is 0 Å². The van der Waals surface area contributed by atoms with Crippen LogP contribution in [0.5, 0.6) is 5.75 Å². The molecule has 2 aromatic carbocycles. The first-order chi connectivity index (χ1) is 8.16. The van der Waals surface area contributed by atoms with E-state index in [9.17, 15) is 4.39 Å². The van der Waals surface area contributed by atoms with Crippen LogP contribution in [0, 0.1) is 9.39 Å². The van der Waals surface area contributed by atoms with Crippen LogP contribution in [0.2, 0.25) is 5.02 Å². The minimum Gasteiger partial charge on any atom is -0.488 e. The highest BCUT2D eigenvalue weighted by Crippen LogP contribution is 2.22. The van der Waals surface area contributed by atoms with Crippen LogP contribution in [0.25, 0.3) is 0 Å². The number of para-hydroxylation sites is 1. The summed E-state index contributed by atoms with van der Waals surface area (Å²) in [6.45, 7) is 0.375. The molecule has 0 heterocycles. The molecule has 0 radical (unpaired) electrons. The second-order valence-electron chi connectivity index (χ2n) is 3.47. The van der Waals surface area contributed by atoms with Crippen molar-refractivity contribution in [3.05, 3.63) is 62.4 Å². The molecule has 0 fully saturated rings. The number of rotatable bonds is 3. The molecule has 0 bridgehead atoms. The Hall–Kier alpha value is -0.810. The van der Waals surface area contributed by atoms with Gasteiger partial charge in [-0.1, -0.05) is 29.8 Å². The molecule has 17 heavy (non-hydrogen) atoms. The lowest BCUT2D eigenvalue weighted by Gasteiger charge is -2.08. The molecule has 88 valence electrons. The van der Waals surface area contributed by atoms with E-state index in [-0.39, 0.29) is 5.02 Å². The fourth-order valence-electron chi connectivity index (χ4n) is 1.35. The number of halogens is 3. The second kappa shape index (κ2) is 5.69. The zero-order valence-corrected chi connectivity index (χ0v) is 11.7. The number of hydrogen-bond donors (Lipinski definition) is 0. The molecule has 0 aromatic heterocycles. The summed E-state index contributed by atoms with van der Waals surface area (Å²) >= 11 is 7.90. The predicted octanol–water partition coefficient (Wildman–Crippen LogP) is 4.66. The molecule has 0 aliphatic carbocycles. The van der Waals surface area contributed by atoms with Crippen LogP contribution >= 0.6 is 34.2 Å². The van der Waals surface area contributed by atoms with Gasteiger partial charge in [0.2, 0.25) is 0 Å². The van der Waals surface area contributed by atoms with Gasteiger partial charge in [-0.3, -0.25) is 0 Å². The zero-order chi connectivity index (χ0) is 12.3. The minimum absolute atomic E-state index is 0.119. The van der Waals surface area contributed by atoms with Crippen LogP contribution in [0.1, 0.15) is 5.56 Å². The summed E-state index contributed by atoms with van der Waals surface area (Å²) in [5.74, 6) is 0.401. The van der Waals surface area contributed by atoms with Crippen LogP contribution in [-0.4, -0.2) is 0 Å². The van der Waals surface area contributed by atoms with Crippen LogP contribution < -0.4 is 4.74 Å². The molecule has 0 aliphatic heterocycles. The van der Waals surface area contributed by atoms with Crippen LogP contribution in [0.3, 0.4) is 0 Å². The third-order valence-corrected chi connectivity index (χ3v) is 3.40. The van der Waals surface area contributed by atoms with Gasteiger partial charge in [0.05, 0.1) is 8.59 Å². The van der Waals surface area contributed by atoms with E-state index in [4.69, 9.17) is 16.3 Å². The van der Waals surface area contributed by atoms with Gasteiger partial charge < -0.3 is 4.74 Å². The van der Waals surface area contributed by atoms with Crippen molar-refractivity contribution < 1.29 is 9.13 Å².